The average Bonchev–Trinajstić information content (AvgIpc) is 3.10. The van der Waals surface area contributed by atoms with Crippen LogP contribution in [-0.4, -0.2) is 29.1 Å². The van der Waals surface area contributed by atoms with E-state index in [0.717, 1.165) is 40.6 Å². The Morgan fingerprint density at radius 1 is 1.25 bits per heavy atom. The van der Waals surface area contributed by atoms with Crippen molar-refractivity contribution in [3.8, 4) is 5.75 Å². The molecule has 0 aliphatic carbocycles. The number of nitrogens with zero attached hydrogens (tertiary/aromatic N) is 3. The number of carbonyl (C=O) groups is 1. The van der Waals surface area contributed by atoms with Crippen molar-refractivity contribution in [2.45, 2.75) is 26.3 Å². The number of aromatic nitrogens is 1. The molecule has 4 rings (SSSR count). The zero-order valence-corrected chi connectivity index (χ0v) is 15.8. The molecule has 2 aromatic carbocycles. The second kappa shape index (κ2) is 6.99. The number of anilines is 1. The van der Waals surface area contributed by atoms with Crippen molar-refractivity contribution in [1.82, 2.24) is 4.57 Å². The Labute approximate surface area is 162 Å². The number of nitro groups is 1. The van der Waals surface area contributed by atoms with Crippen LogP contribution in [0.1, 0.15) is 17.5 Å². The zero-order chi connectivity index (χ0) is 19.8. The molecule has 0 saturated heterocycles. The number of nitro benzene ring substituents is 1. The molecule has 3 aromatic rings. The Hall–Kier alpha value is -3.35. The predicted octanol–water partition coefficient (Wildman–Crippen LogP) is 3.85. The van der Waals surface area contributed by atoms with Crippen LogP contribution in [0.3, 0.4) is 0 Å². The number of methoxy groups -OCH3 is 1. The number of aryl methyl sites for hydroxylation is 1. The van der Waals surface area contributed by atoms with E-state index in [1.807, 2.05) is 21.6 Å². The molecule has 7 nitrogen and oxygen atoms in total. The van der Waals surface area contributed by atoms with Crippen LogP contribution in [0.2, 0.25) is 0 Å². The monoisotopic (exact) mass is 379 g/mol. The Morgan fingerprint density at radius 2 is 2.07 bits per heavy atom. The van der Waals surface area contributed by atoms with Crippen molar-refractivity contribution < 1.29 is 14.5 Å². The van der Waals surface area contributed by atoms with Gasteiger partial charge in [0.15, 0.2) is 0 Å². The number of ether oxygens (including phenoxy) is 1. The van der Waals surface area contributed by atoms with E-state index in [2.05, 4.69) is 6.92 Å². The van der Waals surface area contributed by atoms with Crippen molar-refractivity contribution in [3.63, 3.8) is 0 Å². The number of hydrogen-bond donors (Lipinski definition) is 0. The average molecular weight is 379 g/mol. The van der Waals surface area contributed by atoms with Crippen LogP contribution < -0.4 is 9.64 Å². The SMILES string of the molecule is COc1ccc(C)c2c1N(C(=O)Cn1ccc3cc([N+](=O)[O-])ccc31)CCC2. The summed E-state index contributed by atoms with van der Waals surface area (Å²) in [5.41, 5.74) is 4.03. The van der Waals surface area contributed by atoms with Gasteiger partial charge in [0.25, 0.3) is 5.69 Å². The van der Waals surface area contributed by atoms with Gasteiger partial charge >= 0.3 is 0 Å². The largest absolute Gasteiger partial charge is 0.495 e. The van der Waals surface area contributed by atoms with E-state index in [-0.39, 0.29) is 18.1 Å². The summed E-state index contributed by atoms with van der Waals surface area (Å²) in [5, 5.41) is 11.7. The van der Waals surface area contributed by atoms with Gasteiger partial charge in [0.2, 0.25) is 5.91 Å². The third-order valence-corrected chi connectivity index (χ3v) is 5.35. The third kappa shape index (κ3) is 2.98. The van der Waals surface area contributed by atoms with Gasteiger partial charge in [-0.25, -0.2) is 0 Å². The quantitative estimate of drug-likeness (QED) is 0.510. The highest BCUT2D eigenvalue weighted by molar-refractivity contribution is 5.97. The first-order chi connectivity index (χ1) is 13.5. The minimum absolute atomic E-state index is 0.0271. The van der Waals surface area contributed by atoms with Gasteiger partial charge in [-0.1, -0.05) is 6.07 Å². The molecule has 0 atom stereocenters. The van der Waals surface area contributed by atoms with Crippen molar-refractivity contribution >= 4 is 28.2 Å². The second-order valence-electron chi connectivity index (χ2n) is 7.00. The highest BCUT2D eigenvalue weighted by Crippen LogP contribution is 2.38. The highest BCUT2D eigenvalue weighted by Gasteiger charge is 2.27. The Bertz CT molecular complexity index is 1090. The Morgan fingerprint density at radius 3 is 2.82 bits per heavy atom. The van der Waals surface area contributed by atoms with E-state index in [4.69, 9.17) is 4.74 Å². The number of amides is 1. The maximum atomic E-state index is 13.2. The first-order valence-electron chi connectivity index (χ1n) is 9.19. The first kappa shape index (κ1) is 18.0. The maximum Gasteiger partial charge on any atom is 0.270 e. The lowest BCUT2D eigenvalue weighted by molar-refractivity contribution is -0.384. The molecular formula is C21H21N3O4. The fourth-order valence-electron chi connectivity index (χ4n) is 3.94. The summed E-state index contributed by atoms with van der Waals surface area (Å²) >= 11 is 0. The van der Waals surface area contributed by atoms with E-state index in [1.54, 1.807) is 25.4 Å². The lowest BCUT2D eigenvalue weighted by Gasteiger charge is -2.32. The molecular weight excluding hydrogens is 358 g/mol. The van der Waals surface area contributed by atoms with Gasteiger partial charge in [0.05, 0.1) is 17.7 Å². The fourth-order valence-corrected chi connectivity index (χ4v) is 3.94. The molecule has 2 heterocycles. The summed E-state index contributed by atoms with van der Waals surface area (Å²) in [6, 6.07) is 10.4. The van der Waals surface area contributed by atoms with Gasteiger partial charge in [-0.2, -0.15) is 0 Å². The molecule has 1 aliphatic rings. The van der Waals surface area contributed by atoms with Gasteiger partial charge in [-0.05, 0) is 49.1 Å². The van der Waals surface area contributed by atoms with E-state index in [0.29, 0.717) is 12.3 Å². The molecule has 0 radical (unpaired) electrons. The molecule has 28 heavy (non-hydrogen) atoms. The molecule has 144 valence electrons. The third-order valence-electron chi connectivity index (χ3n) is 5.35. The van der Waals surface area contributed by atoms with Gasteiger partial charge in [0.1, 0.15) is 12.3 Å². The minimum atomic E-state index is -0.415. The molecule has 0 N–H and O–H groups in total. The summed E-state index contributed by atoms with van der Waals surface area (Å²) in [6.07, 6.45) is 3.63. The van der Waals surface area contributed by atoms with Gasteiger partial charge in [0, 0.05) is 35.8 Å². The Kier molecular flexibility index (Phi) is 4.50. The molecule has 1 aromatic heterocycles. The first-order valence-corrected chi connectivity index (χ1v) is 9.19. The normalized spacial score (nSPS) is 13.4. The molecule has 7 heteroatoms. The molecule has 1 aliphatic heterocycles. The van der Waals surface area contributed by atoms with Gasteiger partial charge < -0.3 is 14.2 Å². The van der Waals surface area contributed by atoms with Gasteiger partial charge in [-0.15, -0.1) is 0 Å². The summed E-state index contributed by atoms with van der Waals surface area (Å²) in [5.74, 6) is 0.683. The molecule has 0 spiro atoms. The Balaban J connectivity index is 1.67. The van der Waals surface area contributed by atoms with Crippen LogP contribution in [0.25, 0.3) is 10.9 Å². The standard InChI is InChI=1S/C21H21N3O4/c1-14-5-8-19(28-2)21-17(14)4-3-10-23(21)20(25)13-22-11-9-15-12-16(24(26)27)6-7-18(15)22/h5-9,11-12H,3-4,10,13H2,1-2H3. The van der Waals surface area contributed by atoms with Crippen molar-refractivity contribution in [3.05, 3.63) is 63.8 Å². The molecule has 0 unspecified atom stereocenters. The molecule has 1 amide bonds. The number of carbonyl (C=O) groups excluding carboxylic acids is 1. The fraction of sp³-hybridized carbons (Fsp3) is 0.286. The van der Waals surface area contributed by atoms with Crippen LogP contribution in [-0.2, 0) is 17.8 Å². The number of benzene rings is 2. The number of rotatable bonds is 4. The zero-order valence-electron chi connectivity index (χ0n) is 15.8. The predicted molar refractivity (Wildman–Crippen MR) is 107 cm³/mol. The second-order valence-corrected chi connectivity index (χ2v) is 7.00. The topological polar surface area (TPSA) is 77.6 Å². The number of non-ortho nitro benzene ring substituents is 1. The molecule has 0 saturated carbocycles. The summed E-state index contributed by atoms with van der Waals surface area (Å²) in [6.45, 7) is 2.87. The van der Waals surface area contributed by atoms with Crippen molar-refractivity contribution in [2.75, 3.05) is 18.6 Å². The van der Waals surface area contributed by atoms with Crippen molar-refractivity contribution in [1.29, 1.82) is 0 Å². The highest BCUT2D eigenvalue weighted by atomic mass is 16.6. The number of hydrogen-bond acceptors (Lipinski definition) is 4. The molecule has 0 bridgehead atoms. The van der Waals surface area contributed by atoms with Gasteiger partial charge in [-0.3, -0.25) is 14.9 Å². The molecule has 0 fully saturated rings. The number of fused-ring (bicyclic) bond motifs is 2. The maximum absolute atomic E-state index is 13.2. The lowest BCUT2D eigenvalue weighted by Crippen LogP contribution is -2.38. The van der Waals surface area contributed by atoms with Crippen LogP contribution in [0, 0.1) is 17.0 Å². The summed E-state index contributed by atoms with van der Waals surface area (Å²) in [4.78, 5) is 25.5. The lowest BCUT2D eigenvalue weighted by atomic mass is 9.96. The minimum Gasteiger partial charge on any atom is -0.495 e. The van der Waals surface area contributed by atoms with Crippen molar-refractivity contribution in [2.24, 2.45) is 0 Å². The van der Waals surface area contributed by atoms with Crippen LogP contribution in [0.15, 0.2) is 42.6 Å². The summed E-state index contributed by atoms with van der Waals surface area (Å²) < 4.78 is 7.36. The van der Waals surface area contributed by atoms with E-state index >= 15 is 0 Å². The summed E-state index contributed by atoms with van der Waals surface area (Å²) in [7, 11) is 1.62. The van der Waals surface area contributed by atoms with E-state index in [9.17, 15) is 14.9 Å². The van der Waals surface area contributed by atoms with Crippen LogP contribution in [0.5, 0.6) is 5.75 Å². The van der Waals surface area contributed by atoms with Crippen LogP contribution in [0.4, 0.5) is 11.4 Å². The van der Waals surface area contributed by atoms with Crippen LogP contribution >= 0.6 is 0 Å². The van der Waals surface area contributed by atoms with E-state index < -0.39 is 4.92 Å². The van der Waals surface area contributed by atoms with E-state index in [1.165, 1.54) is 12.1 Å². The smallest absolute Gasteiger partial charge is 0.270 e.